The van der Waals surface area contributed by atoms with Crippen molar-refractivity contribution in [2.45, 2.75) is 13.5 Å². The zero-order chi connectivity index (χ0) is 14.2. The van der Waals surface area contributed by atoms with Crippen molar-refractivity contribution in [2.24, 2.45) is 0 Å². The van der Waals surface area contributed by atoms with Crippen molar-refractivity contribution in [3.63, 3.8) is 0 Å². The maximum absolute atomic E-state index is 4.59. The van der Waals surface area contributed by atoms with Crippen molar-refractivity contribution in [3.05, 3.63) is 48.4 Å². The van der Waals surface area contributed by atoms with Gasteiger partial charge in [0, 0.05) is 12.4 Å². The van der Waals surface area contributed by atoms with Crippen molar-refractivity contribution in [1.29, 1.82) is 0 Å². The molecular weight excluding hydrogens is 266 g/mol. The molecule has 0 bridgehead atoms. The number of aromatic amines is 1. The molecule has 0 saturated heterocycles. The van der Waals surface area contributed by atoms with Gasteiger partial charge in [-0.2, -0.15) is 0 Å². The maximum Gasteiger partial charge on any atom is 0.182 e. The third-order valence-electron chi connectivity index (χ3n) is 3.33. The van der Waals surface area contributed by atoms with E-state index in [-0.39, 0.29) is 0 Å². The predicted molar refractivity (Wildman–Crippen MR) is 78.9 cm³/mol. The molecule has 0 aliphatic rings. The number of anilines is 1. The van der Waals surface area contributed by atoms with E-state index in [1.165, 1.54) is 11.9 Å². The molecule has 0 aliphatic carbocycles. The fraction of sp³-hybridized carbons (Fsp3) is 0.143. The van der Waals surface area contributed by atoms with Crippen LogP contribution >= 0.6 is 0 Å². The Balaban J connectivity index is 1.61. The molecule has 4 heterocycles. The van der Waals surface area contributed by atoms with Crippen LogP contribution in [0.15, 0.2) is 37.2 Å². The van der Waals surface area contributed by atoms with Crippen LogP contribution in [-0.2, 0) is 6.54 Å². The number of imidazole rings is 2. The van der Waals surface area contributed by atoms with E-state index in [1.54, 1.807) is 6.33 Å². The van der Waals surface area contributed by atoms with E-state index in [9.17, 15) is 0 Å². The fourth-order valence-corrected chi connectivity index (χ4v) is 2.29. The molecule has 0 aliphatic heterocycles. The number of hydrogen-bond donors (Lipinski definition) is 2. The van der Waals surface area contributed by atoms with Gasteiger partial charge in [0.05, 0.1) is 18.6 Å². The van der Waals surface area contributed by atoms with Gasteiger partial charge in [-0.1, -0.05) is 0 Å². The van der Waals surface area contributed by atoms with Crippen LogP contribution in [0.3, 0.4) is 0 Å². The highest BCUT2D eigenvalue weighted by molar-refractivity contribution is 5.81. The molecular formula is C14H13N7. The van der Waals surface area contributed by atoms with Crippen LogP contribution in [0.2, 0.25) is 0 Å². The Morgan fingerprint density at radius 3 is 3.19 bits per heavy atom. The summed E-state index contributed by atoms with van der Waals surface area (Å²) in [5.74, 6) is 0.728. The number of H-pyrrole nitrogens is 1. The molecule has 0 aromatic carbocycles. The zero-order valence-electron chi connectivity index (χ0n) is 11.4. The number of aryl methyl sites for hydroxylation is 1. The third-order valence-corrected chi connectivity index (χ3v) is 3.33. The molecule has 0 atom stereocenters. The van der Waals surface area contributed by atoms with E-state index >= 15 is 0 Å². The number of hydrogen-bond acceptors (Lipinski definition) is 5. The van der Waals surface area contributed by atoms with Crippen LogP contribution in [0.4, 0.5) is 5.82 Å². The van der Waals surface area contributed by atoms with Gasteiger partial charge in [0.1, 0.15) is 17.5 Å². The summed E-state index contributed by atoms with van der Waals surface area (Å²) in [7, 11) is 0. The van der Waals surface area contributed by atoms with Crippen LogP contribution in [0.1, 0.15) is 11.3 Å². The molecule has 4 rings (SSSR count). The molecule has 0 fully saturated rings. The molecule has 0 amide bonds. The van der Waals surface area contributed by atoms with Gasteiger partial charge in [0.25, 0.3) is 0 Å². The summed E-state index contributed by atoms with van der Waals surface area (Å²) in [6, 6.07) is 4.12. The molecule has 2 N–H and O–H groups in total. The average molecular weight is 279 g/mol. The lowest BCUT2D eigenvalue weighted by Gasteiger charge is -2.03. The van der Waals surface area contributed by atoms with Crippen molar-refractivity contribution >= 4 is 22.6 Å². The predicted octanol–water partition coefficient (Wildman–Crippen LogP) is 1.92. The summed E-state index contributed by atoms with van der Waals surface area (Å²) < 4.78 is 2.01. The van der Waals surface area contributed by atoms with Crippen molar-refractivity contribution in [3.8, 4) is 0 Å². The molecule has 104 valence electrons. The summed E-state index contributed by atoms with van der Waals surface area (Å²) in [6.07, 6.45) is 7.13. The number of pyridine rings is 1. The van der Waals surface area contributed by atoms with Gasteiger partial charge in [0.2, 0.25) is 0 Å². The molecule has 0 radical (unpaired) electrons. The van der Waals surface area contributed by atoms with E-state index in [0.717, 1.165) is 22.7 Å². The largest absolute Gasteiger partial charge is 0.362 e. The minimum absolute atomic E-state index is 0.589. The van der Waals surface area contributed by atoms with E-state index in [2.05, 4.69) is 49.3 Å². The van der Waals surface area contributed by atoms with E-state index in [0.29, 0.717) is 12.2 Å². The summed E-state index contributed by atoms with van der Waals surface area (Å²) in [5, 5.41) is 3.27. The number of aromatic nitrogens is 6. The number of nitrogens with one attached hydrogen (secondary N) is 2. The summed E-state index contributed by atoms with van der Waals surface area (Å²) >= 11 is 0. The number of nitrogens with zero attached hydrogens (tertiary/aromatic N) is 5. The number of rotatable bonds is 3. The first-order valence-electron chi connectivity index (χ1n) is 6.62. The van der Waals surface area contributed by atoms with E-state index < -0.39 is 0 Å². The van der Waals surface area contributed by atoms with Gasteiger partial charge in [-0.05, 0) is 24.6 Å². The van der Waals surface area contributed by atoms with Crippen LogP contribution in [-0.4, -0.2) is 29.3 Å². The van der Waals surface area contributed by atoms with Crippen LogP contribution in [0.5, 0.6) is 0 Å². The zero-order valence-corrected chi connectivity index (χ0v) is 11.4. The van der Waals surface area contributed by atoms with Gasteiger partial charge < -0.3 is 14.7 Å². The Kier molecular flexibility index (Phi) is 2.56. The quantitative estimate of drug-likeness (QED) is 0.598. The average Bonchev–Trinajstić information content (AvgIpc) is 3.10. The SMILES string of the molecule is Cc1ccn2cc(CNc3ncnc4nc[nH]c34)nc2c1. The highest BCUT2D eigenvalue weighted by Crippen LogP contribution is 2.15. The highest BCUT2D eigenvalue weighted by atomic mass is 15.1. The minimum atomic E-state index is 0.589. The molecule has 0 spiro atoms. The smallest absolute Gasteiger partial charge is 0.182 e. The van der Waals surface area contributed by atoms with Crippen molar-refractivity contribution in [2.75, 3.05) is 5.32 Å². The summed E-state index contributed by atoms with van der Waals surface area (Å²) in [6.45, 7) is 2.65. The molecule has 7 nitrogen and oxygen atoms in total. The third kappa shape index (κ3) is 2.08. The van der Waals surface area contributed by atoms with Crippen molar-refractivity contribution < 1.29 is 0 Å². The van der Waals surface area contributed by atoms with Crippen LogP contribution in [0.25, 0.3) is 16.8 Å². The first kappa shape index (κ1) is 11.8. The lowest BCUT2D eigenvalue weighted by atomic mass is 10.3. The Hall–Kier alpha value is -2.96. The second-order valence-corrected chi connectivity index (χ2v) is 4.88. The Morgan fingerprint density at radius 1 is 1.29 bits per heavy atom. The summed E-state index contributed by atoms with van der Waals surface area (Å²) in [5.41, 5.74) is 4.55. The Labute approximate surface area is 120 Å². The van der Waals surface area contributed by atoms with Gasteiger partial charge in [0.15, 0.2) is 11.5 Å². The first-order chi connectivity index (χ1) is 10.3. The number of fused-ring (bicyclic) bond motifs is 2. The molecule has 4 aromatic heterocycles. The molecule has 21 heavy (non-hydrogen) atoms. The van der Waals surface area contributed by atoms with Gasteiger partial charge >= 0.3 is 0 Å². The van der Waals surface area contributed by atoms with Crippen LogP contribution in [0, 0.1) is 6.92 Å². The highest BCUT2D eigenvalue weighted by Gasteiger charge is 2.07. The van der Waals surface area contributed by atoms with Crippen molar-refractivity contribution in [1.82, 2.24) is 29.3 Å². The van der Waals surface area contributed by atoms with Gasteiger partial charge in [-0.25, -0.2) is 19.9 Å². The minimum Gasteiger partial charge on any atom is -0.362 e. The fourth-order valence-electron chi connectivity index (χ4n) is 2.29. The van der Waals surface area contributed by atoms with Gasteiger partial charge in [-0.15, -0.1) is 0 Å². The molecule has 0 unspecified atom stereocenters. The Bertz CT molecular complexity index is 921. The first-order valence-corrected chi connectivity index (χ1v) is 6.62. The topological polar surface area (TPSA) is 83.8 Å². The molecule has 0 saturated carbocycles. The Morgan fingerprint density at radius 2 is 2.24 bits per heavy atom. The lowest BCUT2D eigenvalue weighted by Crippen LogP contribution is -2.02. The van der Waals surface area contributed by atoms with E-state index in [4.69, 9.17) is 0 Å². The van der Waals surface area contributed by atoms with E-state index in [1.807, 2.05) is 16.8 Å². The summed E-state index contributed by atoms with van der Waals surface area (Å²) in [4.78, 5) is 20.1. The standard InChI is InChI=1S/C14H13N7/c1-9-2-3-21-6-10(20-11(21)4-9)5-15-13-12-14(17-7-16-12)19-8-18-13/h2-4,6-8H,5H2,1H3,(H2,15,16,17,18,19). The molecule has 4 aromatic rings. The monoisotopic (exact) mass is 279 g/mol. The van der Waals surface area contributed by atoms with Gasteiger partial charge in [-0.3, -0.25) is 0 Å². The normalized spacial score (nSPS) is 11.3. The maximum atomic E-state index is 4.59. The second kappa shape index (κ2) is 4.55. The lowest BCUT2D eigenvalue weighted by molar-refractivity contribution is 1.05. The second-order valence-electron chi connectivity index (χ2n) is 4.88. The van der Waals surface area contributed by atoms with Crippen LogP contribution < -0.4 is 5.32 Å². The molecule has 7 heteroatoms.